The van der Waals surface area contributed by atoms with Gasteiger partial charge in [-0.15, -0.1) is 0 Å². The number of nitrogens with zero attached hydrogens (tertiary/aromatic N) is 3. The number of hydrogen-bond donors (Lipinski definition) is 4. The van der Waals surface area contributed by atoms with E-state index < -0.39 is 0 Å². The topological polar surface area (TPSA) is 88.9 Å². The van der Waals surface area contributed by atoms with Crippen LogP contribution in [0.4, 0.5) is 11.6 Å². The zero-order valence-electron chi connectivity index (χ0n) is 21.8. The Hall–Kier alpha value is -3.08. The highest BCUT2D eigenvalue weighted by atomic mass is 79.9. The Balaban J connectivity index is 0.000000288. The summed E-state index contributed by atoms with van der Waals surface area (Å²) in [5, 5.41) is 10.1. The Morgan fingerprint density at radius 2 is 1.47 bits per heavy atom. The summed E-state index contributed by atoms with van der Waals surface area (Å²) in [5.74, 6) is 1.15. The number of para-hydroxylation sites is 1. The van der Waals surface area contributed by atoms with Crippen molar-refractivity contribution in [2.24, 2.45) is 0 Å². The summed E-state index contributed by atoms with van der Waals surface area (Å²) in [6.07, 6.45) is 0. The van der Waals surface area contributed by atoms with E-state index in [1.54, 1.807) is 10.7 Å². The number of amides is 2. The zero-order chi connectivity index (χ0) is 28.1. The first kappa shape index (κ1) is 31.1. The van der Waals surface area contributed by atoms with Crippen molar-refractivity contribution in [1.29, 1.82) is 0 Å². The number of pyridine rings is 1. The minimum absolute atomic E-state index is 0.125. The van der Waals surface area contributed by atoms with Crippen molar-refractivity contribution >= 4 is 64.6 Å². The van der Waals surface area contributed by atoms with Gasteiger partial charge in [-0.25, -0.2) is 9.67 Å². The molecule has 0 bridgehead atoms. The molecule has 0 atom stereocenters. The van der Waals surface area contributed by atoms with E-state index in [0.717, 1.165) is 27.1 Å². The maximum absolute atomic E-state index is 11.7. The van der Waals surface area contributed by atoms with E-state index >= 15 is 0 Å². The standard InChI is InChI=1S/C18H17N3OS.C8H9BrN2OS.C2H6/c1-13-7-9-14(10-8-13)16-11-17(19-18(22)12-23)21(20-16)15-5-3-2-4-6-15;1-5-6(9)2-3-7(10-5)11-8(12)4-13;1-2/h2-11,23H,12H2,1H3,(H,19,22);2-3,13H,4H2,1H3,(H,10,11,12);1-2H3. The van der Waals surface area contributed by atoms with Gasteiger partial charge in [-0.2, -0.15) is 30.4 Å². The van der Waals surface area contributed by atoms with Crippen molar-refractivity contribution in [2.75, 3.05) is 22.1 Å². The molecule has 2 aromatic heterocycles. The van der Waals surface area contributed by atoms with Gasteiger partial charge in [0.2, 0.25) is 11.8 Å². The number of thiol groups is 2. The number of hydrogen-bond acceptors (Lipinski definition) is 6. The van der Waals surface area contributed by atoms with E-state index in [-0.39, 0.29) is 23.3 Å². The first-order chi connectivity index (χ1) is 18.3. The molecular formula is C28H32BrN5O2S2. The summed E-state index contributed by atoms with van der Waals surface area (Å²) < 4.78 is 2.66. The lowest BCUT2D eigenvalue weighted by Crippen LogP contribution is -2.15. The first-order valence-electron chi connectivity index (χ1n) is 12.0. The smallest absolute Gasteiger partial charge is 0.235 e. The normalized spacial score (nSPS) is 9.87. The average molecular weight is 615 g/mol. The van der Waals surface area contributed by atoms with Gasteiger partial charge in [0.15, 0.2) is 0 Å². The molecule has 7 nitrogen and oxygen atoms in total. The minimum atomic E-state index is -0.166. The van der Waals surface area contributed by atoms with E-state index in [2.05, 4.69) is 61.9 Å². The van der Waals surface area contributed by atoms with E-state index in [1.165, 1.54) is 5.56 Å². The SMILES string of the molecule is CC.Cc1ccc(-c2cc(NC(=O)CS)n(-c3ccccc3)n2)cc1.Cc1nc(NC(=O)CS)ccc1Br. The Kier molecular flexibility index (Phi) is 13.1. The molecule has 2 amide bonds. The van der Waals surface area contributed by atoms with Crippen molar-refractivity contribution in [1.82, 2.24) is 14.8 Å². The second kappa shape index (κ2) is 16.0. The summed E-state index contributed by atoms with van der Waals surface area (Å²) in [6, 6.07) is 23.3. The van der Waals surface area contributed by atoms with E-state index in [4.69, 9.17) is 0 Å². The predicted molar refractivity (Wildman–Crippen MR) is 167 cm³/mol. The summed E-state index contributed by atoms with van der Waals surface area (Å²) in [6.45, 7) is 7.91. The van der Waals surface area contributed by atoms with Crippen molar-refractivity contribution in [2.45, 2.75) is 27.7 Å². The summed E-state index contributed by atoms with van der Waals surface area (Å²) in [5.41, 5.74) is 4.74. The largest absolute Gasteiger partial charge is 0.310 e. The third-order valence-electron chi connectivity index (χ3n) is 4.90. The van der Waals surface area contributed by atoms with E-state index in [1.807, 2.05) is 94.4 Å². The van der Waals surface area contributed by atoms with Crippen LogP contribution in [0.2, 0.25) is 0 Å². The number of nitrogens with one attached hydrogen (secondary N) is 2. The Morgan fingerprint density at radius 1 is 0.868 bits per heavy atom. The van der Waals surface area contributed by atoms with Gasteiger partial charge in [0.25, 0.3) is 0 Å². The van der Waals surface area contributed by atoms with Gasteiger partial charge in [-0.1, -0.05) is 61.9 Å². The molecule has 38 heavy (non-hydrogen) atoms. The van der Waals surface area contributed by atoms with Crippen LogP contribution in [-0.2, 0) is 9.59 Å². The number of rotatable bonds is 6. The second-order valence-corrected chi connectivity index (χ2v) is 9.19. The fraction of sp³-hybridized carbons (Fsp3) is 0.214. The molecule has 2 N–H and O–H groups in total. The van der Waals surface area contributed by atoms with E-state index in [0.29, 0.717) is 11.6 Å². The molecular weight excluding hydrogens is 582 g/mol. The summed E-state index contributed by atoms with van der Waals surface area (Å²) in [7, 11) is 0. The molecule has 0 aliphatic heterocycles. The van der Waals surface area contributed by atoms with Crippen LogP contribution in [0.5, 0.6) is 0 Å². The van der Waals surface area contributed by atoms with Crippen LogP contribution in [0, 0.1) is 13.8 Å². The number of aryl methyl sites for hydroxylation is 2. The molecule has 0 aliphatic carbocycles. The highest BCUT2D eigenvalue weighted by Gasteiger charge is 2.13. The molecule has 0 fully saturated rings. The third kappa shape index (κ3) is 9.34. The lowest BCUT2D eigenvalue weighted by molar-refractivity contribution is -0.114. The molecule has 0 radical (unpaired) electrons. The number of benzene rings is 2. The molecule has 0 saturated heterocycles. The predicted octanol–water partition coefficient (Wildman–Crippen LogP) is 6.76. The Morgan fingerprint density at radius 3 is 2.05 bits per heavy atom. The average Bonchev–Trinajstić information content (AvgIpc) is 3.36. The fourth-order valence-corrected chi connectivity index (χ4v) is 3.46. The van der Waals surface area contributed by atoms with Gasteiger partial charge in [-0.05, 0) is 54.0 Å². The van der Waals surface area contributed by atoms with Crippen LogP contribution in [0.15, 0.2) is 77.3 Å². The van der Waals surface area contributed by atoms with Gasteiger partial charge in [0, 0.05) is 16.1 Å². The second-order valence-electron chi connectivity index (χ2n) is 7.70. The van der Waals surface area contributed by atoms with Crippen LogP contribution < -0.4 is 10.6 Å². The van der Waals surface area contributed by atoms with Gasteiger partial charge in [0.1, 0.15) is 11.6 Å². The molecule has 2 aromatic carbocycles. The van der Waals surface area contributed by atoms with Crippen LogP contribution in [0.1, 0.15) is 25.1 Å². The highest BCUT2D eigenvalue weighted by molar-refractivity contribution is 9.10. The molecule has 0 unspecified atom stereocenters. The van der Waals surface area contributed by atoms with E-state index in [9.17, 15) is 9.59 Å². The van der Waals surface area contributed by atoms with Gasteiger partial charge >= 0.3 is 0 Å². The van der Waals surface area contributed by atoms with Crippen molar-refractivity contribution in [3.63, 3.8) is 0 Å². The minimum Gasteiger partial charge on any atom is -0.310 e. The van der Waals surface area contributed by atoms with Gasteiger partial charge < -0.3 is 10.6 Å². The van der Waals surface area contributed by atoms with Crippen LogP contribution in [0.25, 0.3) is 16.9 Å². The third-order valence-corrected chi connectivity index (χ3v) is 6.31. The Labute approximate surface area is 243 Å². The van der Waals surface area contributed by atoms with Crippen molar-refractivity contribution < 1.29 is 9.59 Å². The monoisotopic (exact) mass is 613 g/mol. The van der Waals surface area contributed by atoms with Gasteiger partial charge in [-0.3, -0.25) is 9.59 Å². The zero-order valence-corrected chi connectivity index (χ0v) is 25.1. The maximum Gasteiger partial charge on any atom is 0.235 e. The molecule has 4 rings (SSSR count). The molecule has 4 aromatic rings. The molecule has 10 heteroatoms. The molecule has 2 heterocycles. The molecule has 200 valence electrons. The van der Waals surface area contributed by atoms with Crippen LogP contribution >= 0.6 is 41.2 Å². The Bertz CT molecular complexity index is 1330. The number of aromatic nitrogens is 3. The quantitative estimate of drug-likeness (QED) is 0.181. The number of halogens is 1. The lowest BCUT2D eigenvalue weighted by Gasteiger charge is -2.07. The van der Waals surface area contributed by atoms with Gasteiger partial charge in [0.05, 0.1) is 28.6 Å². The molecule has 0 spiro atoms. The van der Waals surface area contributed by atoms with Crippen molar-refractivity contribution in [3.05, 3.63) is 88.5 Å². The lowest BCUT2D eigenvalue weighted by atomic mass is 10.1. The first-order valence-corrected chi connectivity index (χ1v) is 14.0. The fourth-order valence-electron chi connectivity index (χ4n) is 3.08. The highest BCUT2D eigenvalue weighted by Crippen LogP contribution is 2.25. The summed E-state index contributed by atoms with van der Waals surface area (Å²) in [4.78, 5) is 26.8. The molecule has 0 aliphatic rings. The number of carbonyl (C=O) groups excluding carboxylic acids is 2. The van der Waals surface area contributed by atoms with Crippen LogP contribution in [-0.4, -0.2) is 38.1 Å². The number of carbonyl (C=O) groups is 2. The van der Waals surface area contributed by atoms with Crippen LogP contribution in [0.3, 0.4) is 0 Å². The van der Waals surface area contributed by atoms with Crippen molar-refractivity contribution in [3.8, 4) is 16.9 Å². The maximum atomic E-state index is 11.7. The number of anilines is 2. The summed E-state index contributed by atoms with van der Waals surface area (Å²) >= 11 is 11.2. The molecule has 0 saturated carbocycles.